The summed E-state index contributed by atoms with van der Waals surface area (Å²) in [5.74, 6) is -0.442. The fourth-order valence-electron chi connectivity index (χ4n) is 1.11. The van der Waals surface area contributed by atoms with Crippen LogP contribution in [0.25, 0.3) is 11.2 Å². The Labute approximate surface area is 88.7 Å². The van der Waals surface area contributed by atoms with Crippen LogP contribution in [0, 0.1) is 4.64 Å². The third kappa shape index (κ3) is 1.48. The number of anilines is 1. The highest BCUT2D eigenvalue weighted by molar-refractivity contribution is 7.84. The largest absolute Gasteiger partial charge is 0.368 e. The molecule has 8 nitrogen and oxygen atoms in total. The molecule has 15 heavy (non-hydrogen) atoms. The van der Waals surface area contributed by atoms with Crippen LogP contribution in [0.5, 0.6) is 0 Å². The molecular formula is C5H5N5O3S2. The van der Waals surface area contributed by atoms with Crippen LogP contribution >= 0.6 is 12.2 Å². The van der Waals surface area contributed by atoms with Crippen molar-refractivity contribution in [1.29, 1.82) is 0 Å². The molecule has 0 aromatic carbocycles. The van der Waals surface area contributed by atoms with Crippen LogP contribution in [0.2, 0.25) is 0 Å². The molecule has 80 valence electrons. The molecule has 0 atom stereocenters. The zero-order valence-electron chi connectivity index (χ0n) is 7.08. The summed E-state index contributed by atoms with van der Waals surface area (Å²) < 4.78 is 30.9. The van der Waals surface area contributed by atoms with Gasteiger partial charge in [0.25, 0.3) is 0 Å². The van der Waals surface area contributed by atoms with Gasteiger partial charge in [-0.2, -0.15) is 17.4 Å². The SMILES string of the molecule is Nc1nc2nc[nH]c2c(=S)n1S(=O)(=O)O. The van der Waals surface area contributed by atoms with E-state index in [0.29, 0.717) is 3.97 Å². The molecule has 10 heteroatoms. The van der Waals surface area contributed by atoms with E-state index >= 15 is 0 Å². The summed E-state index contributed by atoms with van der Waals surface area (Å²) >= 11 is 4.82. The first-order valence-corrected chi connectivity index (χ1v) is 5.41. The Morgan fingerprint density at radius 2 is 2.27 bits per heavy atom. The van der Waals surface area contributed by atoms with Gasteiger partial charge in [0.2, 0.25) is 5.95 Å². The van der Waals surface area contributed by atoms with Gasteiger partial charge in [-0.15, -0.1) is 0 Å². The number of hydrogen-bond donors (Lipinski definition) is 3. The van der Waals surface area contributed by atoms with Gasteiger partial charge < -0.3 is 10.7 Å². The highest BCUT2D eigenvalue weighted by Crippen LogP contribution is 2.13. The summed E-state index contributed by atoms with van der Waals surface area (Å²) in [6.07, 6.45) is 1.29. The Balaban J connectivity index is 3.04. The predicted octanol–water partition coefficient (Wildman–Crippen LogP) is -0.278. The van der Waals surface area contributed by atoms with Crippen molar-refractivity contribution in [1.82, 2.24) is 18.9 Å². The minimum absolute atomic E-state index is 0.192. The lowest BCUT2D eigenvalue weighted by Crippen LogP contribution is -2.18. The maximum atomic E-state index is 10.9. The topological polar surface area (TPSA) is 127 Å². The van der Waals surface area contributed by atoms with E-state index in [2.05, 4.69) is 15.0 Å². The van der Waals surface area contributed by atoms with Gasteiger partial charge in [0, 0.05) is 0 Å². The summed E-state index contributed by atoms with van der Waals surface area (Å²) in [6.45, 7) is 0. The van der Waals surface area contributed by atoms with Gasteiger partial charge in [-0.25, -0.2) is 4.98 Å². The van der Waals surface area contributed by atoms with Crippen molar-refractivity contribution < 1.29 is 13.0 Å². The van der Waals surface area contributed by atoms with Crippen LogP contribution in [-0.2, 0) is 10.3 Å². The van der Waals surface area contributed by atoms with Crippen molar-refractivity contribution in [2.45, 2.75) is 0 Å². The molecule has 2 rings (SSSR count). The number of rotatable bonds is 1. The quantitative estimate of drug-likeness (QED) is 0.467. The number of nitrogens with one attached hydrogen (secondary N) is 1. The molecular weight excluding hydrogens is 242 g/mol. The average Bonchev–Trinajstić information content (AvgIpc) is 2.48. The average molecular weight is 247 g/mol. The molecule has 0 aliphatic carbocycles. The Morgan fingerprint density at radius 3 is 2.87 bits per heavy atom. The number of aromatic amines is 1. The lowest BCUT2D eigenvalue weighted by atomic mass is 10.6. The van der Waals surface area contributed by atoms with E-state index in [4.69, 9.17) is 22.5 Å². The van der Waals surface area contributed by atoms with Gasteiger partial charge >= 0.3 is 10.3 Å². The van der Waals surface area contributed by atoms with Gasteiger partial charge in [-0.3, -0.25) is 4.55 Å². The second-order valence-electron chi connectivity index (χ2n) is 2.62. The highest BCUT2D eigenvalue weighted by Gasteiger charge is 2.16. The smallest absolute Gasteiger partial charge is 0.367 e. The maximum absolute atomic E-state index is 10.9. The first-order chi connectivity index (χ1) is 6.91. The van der Waals surface area contributed by atoms with Gasteiger partial charge in [-0.05, 0) is 0 Å². The van der Waals surface area contributed by atoms with E-state index in [1.807, 2.05) is 0 Å². The van der Waals surface area contributed by atoms with E-state index in [1.54, 1.807) is 0 Å². The van der Waals surface area contributed by atoms with Gasteiger partial charge in [0.1, 0.15) is 5.52 Å². The van der Waals surface area contributed by atoms with E-state index in [-0.39, 0.29) is 15.8 Å². The first-order valence-electron chi connectivity index (χ1n) is 3.61. The second-order valence-corrected chi connectivity index (χ2v) is 4.27. The fraction of sp³-hybridized carbons (Fsp3) is 0. The molecule has 0 spiro atoms. The molecule has 0 saturated heterocycles. The lowest BCUT2D eigenvalue weighted by molar-refractivity contribution is 0.472. The molecule has 0 aliphatic heterocycles. The van der Waals surface area contributed by atoms with Crippen LogP contribution in [0.3, 0.4) is 0 Å². The minimum atomic E-state index is -4.56. The number of nitrogens with zero attached hydrogens (tertiary/aromatic N) is 3. The molecule has 0 radical (unpaired) electrons. The number of nitrogen functional groups attached to an aromatic ring is 1. The lowest BCUT2D eigenvalue weighted by Gasteiger charge is -2.05. The second kappa shape index (κ2) is 2.98. The van der Waals surface area contributed by atoms with E-state index in [9.17, 15) is 8.42 Å². The molecule has 2 aromatic rings. The number of fused-ring (bicyclic) bond motifs is 1. The molecule has 0 saturated carbocycles. The Morgan fingerprint density at radius 1 is 1.60 bits per heavy atom. The molecule has 0 unspecified atom stereocenters. The Bertz CT molecular complexity index is 684. The molecule has 2 aromatic heterocycles. The van der Waals surface area contributed by atoms with Gasteiger partial charge in [-0.1, -0.05) is 12.2 Å². The Kier molecular flexibility index (Phi) is 1.99. The molecule has 2 heterocycles. The molecule has 0 amide bonds. The van der Waals surface area contributed by atoms with Crippen molar-refractivity contribution in [3.63, 3.8) is 0 Å². The van der Waals surface area contributed by atoms with Crippen molar-refractivity contribution in [2.24, 2.45) is 0 Å². The fourth-order valence-corrected chi connectivity index (χ4v) is 2.22. The van der Waals surface area contributed by atoms with Crippen LogP contribution in [0.15, 0.2) is 6.33 Å². The number of hydrogen-bond acceptors (Lipinski definition) is 6. The number of H-pyrrole nitrogens is 1. The van der Waals surface area contributed by atoms with E-state index in [0.717, 1.165) is 0 Å². The van der Waals surface area contributed by atoms with Crippen LogP contribution in [0.4, 0.5) is 5.95 Å². The predicted molar refractivity (Wildman–Crippen MR) is 54.1 cm³/mol. The summed E-state index contributed by atoms with van der Waals surface area (Å²) in [6, 6.07) is 0. The maximum Gasteiger partial charge on any atom is 0.367 e. The molecule has 0 fully saturated rings. The van der Waals surface area contributed by atoms with Crippen LogP contribution < -0.4 is 5.73 Å². The first kappa shape index (κ1) is 10.0. The number of nitrogens with two attached hydrogens (primary N) is 1. The monoisotopic (exact) mass is 247 g/mol. The summed E-state index contributed by atoms with van der Waals surface area (Å²) in [4.78, 5) is 10.0. The third-order valence-corrected chi connectivity index (χ3v) is 3.01. The van der Waals surface area contributed by atoms with Crippen LogP contribution in [-0.4, -0.2) is 31.9 Å². The van der Waals surface area contributed by atoms with Gasteiger partial charge in [0.05, 0.1) is 6.33 Å². The van der Waals surface area contributed by atoms with Crippen molar-refractivity contribution in [3.05, 3.63) is 11.0 Å². The van der Waals surface area contributed by atoms with E-state index in [1.165, 1.54) is 6.33 Å². The molecule has 0 aliphatic rings. The highest BCUT2D eigenvalue weighted by atomic mass is 32.2. The number of aromatic nitrogens is 4. The van der Waals surface area contributed by atoms with Crippen LogP contribution in [0.1, 0.15) is 0 Å². The minimum Gasteiger partial charge on any atom is -0.368 e. The Hall–Kier alpha value is -1.52. The van der Waals surface area contributed by atoms with Crippen molar-refractivity contribution >= 4 is 39.6 Å². The molecule has 4 N–H and O–H groups in total. The van der Waals surface area contributed by atoms with E-state index < -0.39 is 16.3 Å². The van der Waals surface area contributed by atoms with Crippen molar-refractivity contribution in [2.75, 3.05) is 5.73 Å². The standard InChI is InChI=1S/C5H5N5O3S2/c6-5-9-3-2(7-1-8-3)4(14)10(5)15(11,12)13/h1H,(H2,6,9)(H,7,8)(H,11,12,13). The van der Waals surface area contributed by atoms with Crippen molar-refractivity contribution in [3.8, 4) is 0 Å². The zero-order chi connectivity index (χ0) is 11.2. The van der Waals surface area contributed by atoms with Gasteiger partial charge in [0.15, 0.2) is 10.3 Å². The zero-order valence-corrected chi connectivity index (χ0v) is 8.71. The molecule has 0 bridgehead atoms. The summed E-state index contributed by atoms with van der Waals surface area (Å²) in [5.41, 5.74) is 5.74. The summed E-state index contributed by atoms with van der Waals surface area (Å²) in [5, 5.41) is 0. The number of imidazole rings is 1. The third-order valence-electron chi connectivity index (χ3n) is 1.68. The normalized spacial score (nSPS) is 12.1. The summed E-state index contributed by atoms with van der Waals surface area (Å²) in [7, 11) is -4.56.